The van der Waals surface area contributed by atoms with Crippen molar-refractivity contribution >= 4 is 11.6 Å². The van der Waals surface area contributed by atoms with E-state index in [1.165, 1.54) is 32.1 Å². The Morgan fingerprint density at radius 3 is 2.53 bits per heavy atom. The molecule has 0 aromatic carbocycles. The van der Waals surface area contributed by atoms with Crippen molar-refractivity contribution in [2.24, 2.45) is 5.92 Å². The summed E-state index contributed by atoms with van der Waals surface area (Å²) in [7, 11) is 0. The van der Waals surface area contributed by atoms with Crippen molar-refractivity contribution in [3.05, 3.63) is 23.1 Å². The zero-order valence-corrected chi connectivity index (χ0v) is 12.2. The van der Waals surface area contributed by atoms with Gasteiger partial charge in [0, 0.05) is 26.2 Å². The Balaban J connectivity index is 1.81. The van der Waals surface area contributed by atoms with Crippen LogP contribution in [-0.2, 0) is 0 Å². The molecule has 3 nitrogen and oxygen atoms in total. The first-order valence-electron chi connectivity index (χ1n) is 7.54. The molecular formula is C15H23ClN2O. The van der Waals surface area contributed by atoms with E-state index in [0.717, 1.165) is 37.9 Å². The average Bonchev–Trinajstić information content (AvgIpc) is 2.88. The van der Waals surface area contributed by atoms with Crippen molar-refractivity contribution < 1.29 is 4.42 Å². The molecule has 1 aliphatic carbocycles. The first-order valence-corrected chi connectivity index (χ1v) is 7.92. The van der Waals surface area contributed by atoms with Crippen LogP contribution in [-0.4, -0.2) is 31.1 Å². The van der Waals surface area contributed by atoms with Gasteiger partial charge in [-0.15, -0.1) is 0 Å². The normalized spacial score (nSPS) is 24.5. The summed E-state index contributed by atoms with van der Waals surface area (Å²) in [5.74, 6) is 1.80. The van der Waals surface area contributed by atoms with Crippen molar-refractivity contribution in [1.82, 2.24) is 10.2 Å². The van der Waals surface area contributed by atoms with Gasteiger partial charge in [0.1, 0.15) is 5.76 Å². The van der Waals surface area contributed by atoms with Gasteiger partial charge in [0.25, 0.3) is 0 Å². The summed E-state index contributed by atoms with van der Waals surface area (Å²) in [6.07, 6.45) is 6.77. The first-order chi connectivity index (χ1) is 9.34. The second-order valence-electron chi connectivity index (χ2n) is 5.77. The van der Waals surface area contributed by atoms with Gasteiger partial charge in [-0.05, 0) is 42.5 Å². The van der Waals surface area contributed by atoms with Crippen LogP contribution in [0.1, 0.15) is 43.9 Å². The van der Waals surface area contributed by atoms with E-state index in [9.17, 15) is 0 Å². The molecule has 0 spiro atoms. The Morgan fingerprint density at radius 1 is 1.16 bits per heavy atom. The number of nitrogens with zero attached hydrogens (tertiary/aromatic N) is 1. The zero-order valence-electron chi connectivity index (χ0n) is 11.4. The standard InChI is InChI=1S/C15H23ClN2O/c16-14-7-6-13(19-14)15(12-4-2-1-3-5-12)18-10-8-17-9-11-18/h6-7,12,15,17H,1-5,8-11H2/t15-/m0/s1. The lowest BCUT2D eigenvalue weighted by atomic mass is 9.82. The summed E-state index contributed by atoms with van der Waals surface area (Å²) < 4.78 is 5.76. The summed E-state index contributed by atoms with van der Waals surface area (Å²) >= 11 is 5.98. The molecule has 2 heterocycles. The summed E-state index contributed by atoms with van der Waals surface area (Å²) in [4.78, 5) is 2.58. The average molecular weight is 283 g/mol. The van der Waals surface area contributed by atoms with Crippen LogP contribution in [0, 0.1) is 5.92 Å². The maximum atomic E-state index is 5.98. The van der Waals surface area contributed by atoms with E-state index >= 15 is 0 Å². The molecule has 0 amide bonds. The number of furan rings is 1. The van der Waals surface area contributed by atoms with Crippen molar-refractivity contribution in [2.75, 3.05) is 26.2 Å². The van der Waals surface area contributed by atoms with E-state index in [2.05, 4.69) is 16.3 Å². The monoisotopic (exact) mass is 282 g/mol. The minimum absolute atomic E-state index is 0.426. The molecule has 1 aliphatic heterocycles. The number of piperazine rings is 1. The Morgan fingerprint density at radius 2 is 1.89 bits per heavy atom. The van der Waals surface area contributed by atoms with Crippen LogP contribution in [0.4, 0.5) is 0 Å². The van der Waals surface area contributed by atoms with Crippen LogP contribution in [0.3, 0.4) is 0 Å². The van der Waals surface area contributed by atoms with Gasteiger partial charge in [-0.2, -0.15) is 0 Å². The maximum absolute atomic E-state index is 5.98. The molecule has 4 heteroatoms. The fraction of sp³-hybridized carbons (Fsp3) is 0.733. The Labute approximate surface area is 120 Å². The number of hydrogen-bond acceptors (Lipinski definition) is 3. The number of hydrogen-bond donors (Lipinski definition) is 1. The molecule has 2 fully saturated rings. The highest BCUT2D eigenvalue weighted by atomic mass is 35.5. The van der Waals surface area contributed by atoms with Gasteiger partial charge in [-0.25, -0.2) is 0 Å². The van der Waals surface area contributed by atoms with Gasteiger partial charge in [0.05, 0.1) is 6.04 Å². The molecule has 1 aromatic rings. The van der Waals surface area contributed by atoms with E-state index in [1.54, 1.807) is 0 Å². The van der Waals surface area contributed by atoms with E-state index in [1.807, 2.05) is 6.07 Å². The predicted octanol–water partition coefficient (Wildman–Crippen LogP) is 3.46. The maximum Gasteiger partial charge on any atom is 0.193 e. The minimum atomic E-state index is 0.426. The van der Waals surface area contributed by atoms with Gasteiger partial charge in [0.2, 0.25) is 0 Å². The molecule has 1 saturated heterocycles. The van der Waals surface area contributed by atoms with Crippen molar-refractivity contribution in [3.63, 3.8) is 0 Å². The predicted molar refractivity (Wildman–Crippen MR) is 77.5 cm³/mol. The molecule has 0 radical (unpaired) electrons. The SMILES string of the molecule is Clc1ccc([C@H](C2CCCCC2)N2CCNCC2)o1. The summed E-state index contributed by atoms with van der Waals surface area (Å²) in [6, 6.07) is 4.38. The van der Waals surface area contributed by atoms with E-state index in [-0.39, 0.29) is 0 Å². The van der Waals surface area contributed by atoms with Crippen molar-refractivity contribution in [2.45, 2.75) is 38.1 Å². The van der Waals surface area contributed by atoms with E-state index in [0.29, 0.717) is 11.3 Å². The number of halogens is 1. The molecular weight excluding hydrogens is 260 g/mol. The smallest absolute Gasteiger partial charge is 0.193 e. The van der Waals surface area contributed by atoms with E-state index in [4.69, 9.17) is 16.0 Å². The van der Waals surface area contributed by atoms with Crippen LogP contribution < -0.4 is 5.32 Å². The van der Waals surface area contributed by atoms with Crippen LogP contribution in [0.15, 0.2) is 16.5 Å². The topological polar surface area (TPSA) is 28.4 Å². The van der Waals surface area contributed by atoms with Crippen LogP contribution in [0.2, 0.25) is 5.22 Å². The number of nitrogens with one attached hydrogen (secondary N) is 1. The van der Waals surface area contributed by atoms with Crippen LogP contribution >= 0.6 is 11.6 Å². The molecule has 1 N–H and O–H groups in total. The summed E-state index contributed by atoms with van der Waals surface area (Å²) in [5.41, 5.74) is 0. The highest BCUT2D eigenvalue weighted by Gasteiger charge is 2.32. The second kappa shape index (κ2) is 6.29. The van der Waals surface area contributed by atoms with Gasteiger partial charge >= 0.3 is 0 Å². The van der Waals surface area contributed by atoms with E-state index < -0.39 is 0 Å². The Hall–Kier alpha value is -0.510. The third kappa shape index (κ3) is 3.15. The minimum Gasteiger partial charge on any atom is -0.448 e. The molecule has 1 saturated carbocycles. The molecule has 1 aromatic heterocycles. The molecule has 106 valence electrons. The molecule has 0 bridgehead atoms. The fourth-order valence-corrected chi connectivity index (χ4v) is 3.76. The molecule has 1 atom stereocenters. The molecule has 2 aliphatic rings. The molecule has 0 unspecified atom stereocenters. The highest BCUT2D eigenvalue weighted by Crippen LogP contribution is 2.39. The van der Waals surface area contributed by atoms with Crippen LogP contribution in [0.25, 0.3) is 0 Å². The van der Waals surface area contributed by atoms with Gasteiger partial charge in [0.15, 0.2) is 5.22 Å². The quantitative estimate of drug-likeness (QED) is 0.920. The lowest BCUT2D eigenvalue weighted by Gasteiger charge is -2.39. The third-order valence-corrected chi connectivity index (χ3v) is 4.73. The Bertz CT molecular complexity index is 377. The van der Waals surface area contributed by atoms with Crippen molar-refractivity contribution in [3.8, 4) is 0 Å². The van der Waals surface area contributed by atoms with Gasteiger partial charge in [-0.3, -0.25) is 4.90 Å². The lowest BCUT2D eigenvalue weighted by Crippen LogP contribution is -2.47. The molecule has 3 rings (SSSR count). The number of rotatable bonds is 3. The third-order valence-electron chi connectivity index (χ3n) is 4.53. The highest BCUT2D eigenvalue weighted by molar-refractivity contribution is 6.28. The summed E-state index contributed by atoms with van der Waals surface area (Å²) in [6.45, 7) is 4.38. The van der Waals surface area contributed by atoms with Gasteiger partial charge in [-0.1, -0.05) is 19.3 Å². The lowest BCUT2D eigenvalue weighted by molar-refractivity contribution is 0.0871. The Kier molecular flexibility index (Phi) is 4.46. The largest absolute Gasteiger partial charge is 0.448 e. The summed E-state index contributed by atoms with van der Waals surface area (Å²) in [5, 5.41) is 3.95. The van der Waals surface area contributed by atoms with Crippen LogP contribution in [0.5, 0.6) is 0 Å². The van der Waals surface area contributed by atoms with Crippen molar-refractivity contribution in [1.29, 1.82) is 0 Å². The fourth-order valence-electron chi connectivity index (χ4n) is 3.61. The van der Waals surface area contributed by atoms with Gasteiger partial charge < -0.3 is 9.73 Å². The molecule has 19 heavy (non-hydrogen) atoms. The first kappa shape index (κ1) is 13.5. The zero-order chi connectivity index (χ0) is 13.1. The second-order valence-corrected chi connectivity index (χ2v) is 6.14.